The van der Waals surface area contributed by atoms with Gasteiger partial charge in [0.15, 0.2) is 0 Å². The molecule has 0 spiro atoms. The summed E-state index contributed by atoms with van der Waals surface area (Å²) < 4.78 is 9.15. The molecule has 0 aliphatic heterocycles. The number of nitrogens with one attached hydrogen (secondary N) is 1. The van der Waals surface area contributed by atoms with Crippen LogP contribution in [0.15, 0.2) is 10.7 Å². The molecule has 21 heavy (non-hydrogen) atoms. The van der Waals surface area contributed by atoms with E-state index in [4.69, 9.17) is 4.74 Å². The van der Waals surface area contributed by atoms with Gasteiger partial charge in [0, 0.05) is 13.2 Å². The highest BCUT2D eigenvalue weighted by molar-refractivity contribution is 9.10. The topological polar surface area (TPSA) is 42.3 Å². The van der Waals surface area contributed by atoms with E-state index in [9.17, 15) is 0 Å². The molecule has 0 aliphatic carbocycles. The first-order chi connectivity index (χ1) is 9.89. The van der Waals surface area contributed by atoms with Crippen LogP contribution in [0.5, 0.6) is 0 Å². The first-order valence-corrected chi connectivity index (χ1v) is 8.36. The predicted molar refractivity (Wildman–Crippen MR) is 90.6 cm³/mol. The fraction of sp³-hybridized carbons (Fsp3) is 0.800. The van der Waals surface area contributed by atoms with Crippen molar-refractivity contribution >= 4 is 15.9 Å². The second-order valence-corrected chi connectivity index (χ2v) is 6.58. The van der Waals surface area contributed by atoms with Gasteiger partial charge >= 0.3 is 0 Å². The second kappa shape index (κ2) is 8.27. The molecule has 1 N–H and O–H groups in total. The highest BCUT2D eigenvalue weighted by atomic mass is 79.9. The molecule has 5 nitrogen and oxygen atoms in total. The summed E-state index contributed by atoms with van der Waals surface area (Å²) in [5, 5.41) is 7.93. The van der Waals surface area contributed by atoms with E-state index in [1.54, 1.807) is 0 Å². The molecule has 0 aromatic carbocycles. The van der Waals surface area contributed by atoms with Crippen LogP contribution < -0.4 is 5.32 Å². The summed E-state index contributed by atoms with van der Waals surface area (Å²) in [6.07, 6.45) is 2.80. The van der Waals surface area contributed by atoms with Gasteiger partial charge in [-0.3, -0.25) is 4.68 Å². The molecule has 2 atom stereocenters. The fourth-order valence-electron chi connectivity index (χ4n) is 2.58. The maximum absolute atomic E-state index is 6.06. The zero-order valence-electron chi connectivity index (χ0n) is 14.1. The first kappa shape index (κ1) is 18.6. The Kier molecular flexibility index (Phi) is 7.33. The quantitative estimate of drug-likeness (QED) is 0.734. The van der Waals surface area contributed by atoms with Crippen LogP contribution in [0.1, 0.15) is 38.9 Å². The van der Waals surface area contributed by atoms with Crippen molar-refractivity contribution in [2.75, 3.05) is 34.3 Å². The van der Waals surface area contributed by atoms with Gasteiger partial charge in [-0.1, -0.05) is 6.92 Å². The molecule has 1 heterocycles. The molecule has 1 rings (SSSR count). The van der Waals surface area contributed by atoms with Crippen molar-refractivity contribution in [3.63, 3.8) is 0 Å². The Morgan fingerprint density at radius 1 is 1.48 bits per heavy atom. The Labute approximate surface area is 137 Å². The van der Waals surface area contributed by atoms with Crippen LogP contribution in [-0.2, 0) is 11.3 Å². The first-order valence-electron chi connectivity index (χ1n) is 7.56. The lowest BCUT2D eigenvalue weighted by atomic mass is 9.90. The van der Waals surface area contributed by atoms with E-state index >= 15 is 0 Å². The molecule has 0 saturated carbocycles. The lowest BCUT2D eigenvalue weighted by Gasteiger charge is -2.37. The third kappa shape index (κ3) is 4.52. The van der Waals surface area contributed by atoms with Crippen LogP contribution in [-0.4, -0.2) is 54.6 Å². The van der Waals surface area contributed by atoms with Gasteiger partial charge in [-0.25, -0.2) is 0 Å². The summed E-state index contributed by atoms with van der Waals surface area (Å²) >= 11 is 3.65. The van der Waals surface area contributed by atoms with Crippen LogP contribution in [0.25, 0.3) is 0 Å². The third-order valence-corrected chi connectivity index (χ3v) is 4.55. The van der Waals surface area contributed by atoms with Gasteiger partial charge in [0.1, 0.15) is 0 Å². The smallest absolute Gasteiger partial charge is 0.0861 e. The van der Waals surface area contributed by atoms with Gasteiger partial charge < -0.3 is 15.0 Å². The SMILES string of the molecule is CCOC(C)(CC)C(NC)c1c(Br)cnn1CCN(C)C. The van der Waals surface area contributed by atoms with Crippen molar-refractivity contribution in [2.24, 2.45) is 0 Å². The van der Waals surface area contributed by atoms with Crippen molar-refractivity contribution in [1.29, 1.82) is 0 Å². The Bertz CT molecular complexity index is 435. The Morgan fingerprint density at radius 2 is 2.14 bits per heavy atom. The number of halogens is 1. The molecule has 0 aliphatic rings. The lowest BCUT2D eigenvalue weighted by Crippen LogP contribution is -2.43. The van der Waals surface area contributed by atoms with Crippen molar-refractivity contribution in [3.8, 4) is 0 Å². The van der Waals surface area contributed by atoms with E-state index in [0.29, 0.717) is 6.61 Å². The van der Waals surface area contributed by atoms with Crippen LogP contribution in [0.3, 0.4) is 0 Å². The van der Waals surface area contributed by atoms with Crippen LogP contribution >= 0.6 is 15.9 Å². The third-order valence-electron chi connectivity index (χ3n) is 3.94. The average molecular weight is 361 g/mol. The minimum Gasteiger partial charge on any atom is -0.374 e. The van der Waals surface area contributed by atoms with Gasteiger partial charge in [0.2, 0.25) is 0 Å². The molecule has 0 amide bonds. The van der Waals surface area contributed by atoms with E-state index in [-0.39, 0.29) is 11.6 Å². The maximum Gasteiger partial charge on any atom is 0.0861 e. The fourth-order valence-corrected chi connectivity index (χ4v) is 3.11. The highest BCUT2D eigenvalue weighted by Crippen LogP contribution is 2.35. The summed E-state index contributed by atoms with van der Waals surface area (Å²) in [6.45, 7) is 8.87. The average Bonchev–Trinajstić information content (AvgIpc) is 2.79. The summed E-state index contributed by atoms with van der Waals surface area (Å²) in [6, 6.07) is 0.0847. The van der Waals surface area contributed by atoms with E-state index < -0.39 is 0 Å². The Hall–Kier alpha value is -0.430. The summed E-state index contributed by atoms with van der Waals surface area (Å²) in [7, 11) is 6.13. The normalized spacial score (nSPS) is 16.2. The van der Waals surface area contributed by atoms with Gasteiger partial charge in [0.05, 0.1) is 34.6 Å². The van der Waals surface area contributed by atoms with E-state index in [1.807, 2.05) is 20.2 Å². The number of hydrogen-bond acceptors (Lipinski definition) is 4. The van der Waals surface area contributed by atoms with E-state index in [0.717, 1.165) is 29.7 Å². The van der Waals surface area contributed by atoms with Crippen molar-refractivity contribution < 1.29 is 4.74 Å². The monoisotopic (exact) mass is 360 g/mol. The molecular formula is C15H29BrN4O. The minimum atomic E-state index is -0.262. The number of likely N-dealkylation sites (N-methyl/N-ethyl adjacent to an activating group) is 2. The molecule has 2 unspecified atom stereocenters. The number of rotatable bonds is 9. The molecule has 122 valence electrons. The van der Waals surface area contributed by atoms with Gasteiger partial charge in [-0.15, -0.1) is 0 Å². The largest absolute Gasteiger partial charge is 0.374 e. The highest BCUT2D eigenvalue weighted by Gasteiger charge is 2.36. The number of aromatic nitrogens is 2. The second-order valence-electron chi connectivity index (χ2n) is 5.73. The lowest BCUT2D eigenvalue weighted by molar-refractivity contribution is -0.0567. The molecule has 1 aromatic heterocycles. The summed E-state index contributed by atoms with van der Waals surface area (Å²) in [4.78, 5) is 2.16. The molecular weight excluding hydrogens is 332 g/mol. The standard InChI is InChI=1S/C15H29BrN4O/c1-7-15(3,21-8-2)14(17-4)13-12(16)11-18-20(13)10-9-19(5)6/h11,14,17H,7-10H2,1-6H3. The summed E-state index contributed by atoms with van der Waals surface area (Å²) in [5.74, 6) is 0. The van der Waals surface area contributed by atoms with Crippen molar-refractivity contribution in [1.82, 2.24) is 20.0 Å². The Balaban J connectivity index is 3.12. The molecule has 6 heteroatoms. The Morgan fingerprint density at radius 3 is 2.62 bits per heavy atom. The van der Waals surface area contributed by atoms with Gasteiger partial charge in [0.25, 0.3) is 0 Å². The minimum absolute atomic E-state index is 0.0847. The molecule has 1 aromatic rings. The zero-order chi connectivity index (χ0) is 16.0. The van der Waals surface area contributed by atoms with Gasteiger partial charge in [-0.05, 0) is 57.3 Å². The number of hydrogen-bond donors (Lipinski definition) is 1. The zero-order valence-corrected chi connectivity index (χ0v) is 15.7. The molecule has 0 fully saturated rings. The van der Waals surface area contributed by atoms with E-state index in [1.165, 1.54) is 0 Å². The van der Waals surface area contributed by atoms with Crippen molar-refractivity contribution in [2.45, 2.75) is 45.4 Å². The van der Waals surface area contributed by atoms with E-state index in [2.05, 4.69) is 63.9 Å². The molecule has 0 bridgehead atoms. The number of nitrogens with zero attached hydrogens (tertiary/aromatic N) is 3. The van der Waals surface area contributed by atoms with Gasteiger partial charge in [-0.2, -0.15) is 5.10 Å². The molecule has 0 saturated heterocycles. The molecule has 0 radical (unpaired) electrons. The number of ether oxygens (including phenoxy) is 1. The van der Waals surface area contributed by atoms with Crippen LogP contribution in [0, 0.1) is 0 Å². The maximum atomic E-state index is 6.06. The van der Waals surface area contributed by atoms with Crippen LogP contribution in [0.2, 0.25) is 0 Å². The van der Waals surface area contributed by atoms with Crippen molar-refractivity contribution in [3.05, 3.63) is 16.4 Å². The summed E-state index contributed by atoms with van der Waals surface area (Å²) in [5.41, 5.74) is 0.888. The predicted octanol–water partition coefficient (Wildman–Crippen LogP) is 2.67. The van der Waals surface area contributed by atoms with Crippen LogP contribution in [0.4, 0.5) is 0 Å².